The number of carbonyl (C=O) groups is 2. The zero-order valence-electron chi connectivity index (χ0n) is 12.2. The van der Waals surface area contributed by atoms with Crippen LogP contribution in [0.5, 0.6) is 0 Å². The molecule has 0 bridgehead atoms. The van der Waals surface area contributed by atoms with Crippen molar-refractivity contribution in [1.82, 2.24) is 0 Å². The van der Waals surface area contributed by atoms with Gasteiger partial charge in [0.05, 0.1) is 7.11 Å². The Kier molecular flexibility index (Phi) is 6.84. The first-order chi connectivity index (χ1) is 9.97. The number of ketones is 1. The molecule has 0 fully saturated rings. The topological polar surface area (TPSA) is 107 Å². The maximum Gasteiger partial charge on any atom is 0.344 e. The standard InChI is InChI=1S/C14H21NO6/c1-21-14(18)13-11(16)7-5-3-2-4-6-10(15(19)20)8-9-12(13)17/h10,17H,2-9H2,1H3/b13-12-. The zero-order valence-corrected chi connectivity index (χ0v) is 12.2. The number of carbonyl (C=O) groups excluding carboxylic acids is 2. The second kappa shape index (κ2) is 8.39. The van der Waals surface area contributed by atoms with Gasteiger partial charge in [0.25, 0.3) is 0 Å². The number of methoxy groups -OCH3 is 1. The van der Waals surface area contributed by atoms with E-state index in [4.69, 9.17) is 0 Å². The molecule has 0 amide bonds. The molecule has 0 spiro atoms. The van der Waals surface area contributed by atoms with E-state index in [-0.39, 0.29) is 29.8 Å². The van der Waals surface area contributed by atoms with Crippen LogP contribution < -0.4 is 0 Å². The van der Waals surface area contributed by atoms with Gasteiger partial charge >= 0.3 is 5.97 Å². The van der Waals surface area contributed by atoms with E-state index in [1.54, 1.807) is 0 Å². The summed E-state index contributed by atoms with van der Waals surface area (Å²) in [7, 11) is 1.13. The third-order valence-electron chi connectivity index (χ3n) is 3.66. The smallest absolute Gasteiger partial charge is 0.344 e. The molecule has 0 radical (unpaired) electrons. The van der Waals surface area contributed by atoms with E-state index in [0.29, 0.717) is 12.8 Å². The minimum atomic E-state index is -0.882. The highest BCUT2D eigenvalue weighted by atomic mass is 16.6. The van der Waals surface area contributed by atoms with E-state index in [1.807, 2.05) is 0 Å². The van der Waals surface area contributed by atoms with Gasteiger partial charge in [-0.2, -0.15) is 0 Å². The van der Waals surface area contributed by atoms with Crippen molar-refractivity contribution in [2.75, 3.05) is 7.11 Å². The number of aliphatic hydroxyl groups is 1. The van der Waals surface area contributed by atoms with Gasteiger partial charge in [-0.25, -0.2) is 4.79 Å². The molecule has 1 aliphatic carbocycles. The molecule has 0 aromatic heterocycles. The fourth-order valence-corrected chi connectivity index (χ4v) is 2.42. The van der Waals surface area contributed by atoms with Crippen LogP contribution in [0.2, 0.25) is 0 Å². The molecule has 1 atom stereocenters. The summed E-state index contributed by atoms with van der Waals surface area (Å²) >= 11 is 0. The average Bonchev–Trinajstić information content (AvgIpc) is 2.43. The Labute approximate surface area is 123 Å². The van der Waals surface area contributed by atoms with Crippen LogP contribution in [0, 0.1) is 10.1 Å². The van der Waals surface area contributed by atoms with Crippen LogP contribution in [0.25, 0.3) is 0 Å². The van der Waals surface area contributed by atoms with Crippen molar-refractivity contribution in [1.29, 1.82) is 0 Å². The van der Waals surface area contributed by atoms with E-state index in [0.717, 1.165) is 26.4 Å². The average molecular weight is 299 g/mol. The van der Waals surface area contributed by atoms with Crippen molar-refractivity contribution in [3.05, 3.63) is 21.4 Å². The number of ether oxygens (including phenoxy) is 1. The molecule has 0 heterocycles. The first kappa shape index (κ1) is 17.1. The van der Waals surface area contributed by atoms with E-state index in [1.165, 1.54) is 0 Å². The molecule has 0 aromatic carbocycles. The Balaban J connectivity index is 2.97. The molecule has 7 heteroatoms. The SMILES string of the molecule is COC(=O)/C1=C(\O)CCC([N+](=O)[O-])CCCCCCC1=O. The van der Waals surface area contributed by atoms with Crippen LogP contribution >= 0.6 is 0 Å². The van der Waals surface area contributed by atoms with Crippen molar-refractivity contribution in [2.24, 2.45) is 0 Å². The van der Waals surface area contributed by atoms with Gasteiger partial charge in [0.2, 0.25) is 6.04 Å². The first-order valence-corrected chi connectivity index (χ1v) is 7.14. The number of aliphatic hydroxyl groups excluding tert-OH is 1. The Hall–Kier alpha value is -1.92. The summed E-state index contributed by atoms with van der Waals surface area (Å²) in [5.74, 6) is -1.75. The maximum absolute atomic E-state index is 12.0. The molecule has 0 saturated carbocycles. The number of nitrogens with zero attached hydrogens (tertiary/aromatic N) is 1. The Morgan fingerprint density at radius 2 is 1.90 bits per heavy atom. The largest absolute Gasteiger partial charge is 0.511 e. The van der Waals surface area contributed by atoms with Crippen LogP contribution in [-0.2, 0) is 14.3 Å². The quantitative estimate of drug-likeness (QED) is 0.363. The predicted molar refractivity (Wildman–Crippen MR) is 74.4 cm³/mol. The van der Waals surface area contributed by atoms with Crippen molar-refractivity contribution < 1.29 is 24.4 Å². The molecule has 1 rings (SSSR count). The van der Waals surface area contributed by atoms with Gasteiger partial charge in [-0.05, 0) is 12.8 Å². The van der Waals surface area contributed by atoms with E-state index in [2.05, 4.69) is 4.74 Å². The Morgan fingerprint density at radius 3 is 2.52 bits per heavy atom. The molecule has 1 unspecified atom stereocenters. The number of nitro groups is 1. The number of Topliss-reactive ketones (excluding diaryl/α,β-unsaturated/α-hetero) is 1. The van der Waals surface area contributed by atoms with Gasteiger partial charge in [-0.1, -0.05) is 12.8 Å². The van der Waals surface area contributed by atoms with Gasteiger partial charge in [0.15, 0.2) is 5.78 Å². The van der Waals surface area contributed by atoms with Gasteiger partial charge in [-0.3, -0.25) is 14.9 Å². The van der Waals surface area contributed by atoms with Crippen molar-refractivity contribution >= 4 is 11.8 Å². The second-order valence-corrected chi connectivity index (χ2v) is 5.17. The minimum absolute atomic E-state index is 0.0676. The van der Waals surface area contributed by atoms with E-state index >= 15 is 0 Å². The summed E-state index contributed by atoms with van der Waals surface area (Å²) < 4.78 is 4.52. The summed E-state index contributed by atoms with van der Waals surface area (Å²) in [6, 6.07) is -0.763. The van der Waals surface area contributed by atoms with Crippen LogP contribution in [0.1, 0.15) is 51.4 Å². The monoisotopic (exact) mass is 299 g/mol. The van der Waals surface area contributed by atoms with Crippen LogP contribution in [-0.4, -0.2) is 34.9 Å². The molecular formula is C14H21NO6. The molecular weight excluding hydrogens is 278 g/mol. The van der Waals surface area contributed by atoms with Gasteiger partial charge < -0.3 is 9.84 Å². The number of esters is 1. The van der Waals surface area contributed by atoms with Gasteiger partial charge in [-0.15, -0.1) is 0 Å². The first-order valence-electron chi connectivity index (χ1n) is 7.14. The molecule has 118 valence electrons. The van der Waals surface area contributed by atoms with Crippen molar-refractivity contribution in [3.63, 3.8) is 0 Å². The lowest BCUT2D eigenvalue weighted by atomic mass is 9.96. The summed E-state index contributed by atoms with van der Waals surface area (Å²) in [5, 5.41) is 20.9. The Morgan fingerprint density at radius 1 is 1.24 bits per heavy atom. The fourth-order valence-electron chi connectivity index (χ4n) is 2.42. The summed E-state index contributed by atoms with van der Waals surface area (Å²) in [4.78, 5) is 34.2. The highest BCUT2D eigenvalue weighted by Gasteiger charge is 2.27. The highest BCUT2D eigenvalue weighted by molar-refractivity contribution is 6.17. The lowest BCUT2D eigenvalue weighted by molar-refractivity contribution is -0.524. The molecule has 21 heavy (non-hydrogen) atoms. The maximum atomic E-state index is 12.0. The number of hydrogen-bond acceptors (Lipinski definition) is 6. The lowest BCUT2D eigenvalue weighted by Gasteiger charge is -2.13. The van der Waals surface area contributed by atoms with Crippen LogP contribution in [0.4, 0.5) is 0 Å². The zero-order chi connectivity index (χ0) is 15.8. The normalized spacial score (nSPS) is 25.6. The van der Waals surface area contributed by atoms with Crippen molar-refractivity contribution in [2.45, 2.75) is 57.4 Å². The number of allylic oxidation sites excluding steroid dienone is 1. The predicted octanol–water partition coefficient (Wildman–Crippen LogP) is 2.32. The molecule has 1 aliphatic rings. The number of rotatable bonds is 2. The summed E-state index contributed by atoms with van der Waals surface area (Å²) in [5.41, 5.74) is -0.361. The number of hydrogen-bond donors (Lipinski definition) is 1. The third-order valence-corrected chi connectivity index (χ3v) is 3.66. The van der Waals surface area contributed by atoms with Crippen molar-refractivity contribution in [3.8, 4) is 0 Å². The second-order valence-electron chi connectivity index (χ2n) is 5.17. The minimum Gasteiger partial charge on any atom is -0.511 e. The van der Waals surface area contributed by atoms with Crippen LogP contribution in [0.3, 0.4) is 0 Å². The molecule has 1 N–H and O–H groups in total. The van der Waals surface area contributed by atoms with E-state index in [9.17, 15) is 24.8 Å². The lowest BCUT2D eigenvalue weighted by Crippen LogP contribution is -2.22. The molecule has 0 aromatic rings. The van der Waals surface area contributed by atoms with Gasteiger partial charge in [0.1, 0.15) is 11.3 Å². The molecule has 0 aliphatic heterocycles. The molecule has 0 saturated heterocycles. The highest BCUT2D eigenvalue weighted by Crippen LogP contribution is 2.20. The van der Waals surface area contributed by atoms with E-state index < -0.39 is 23.6 Å². The fraction of sp³-hybridized carbons (Fsp3) is 0.714. The molecule has 7 nitrogen and oxygen atoms in total. The summed E-state index contributed by atoms with van der Waals surface area (Å²) in [6.07, 6.45) is 3.57. The summed E-state index contributed by atoms with van der Waals surface area (Å²) in [6.45, 7) is 0. The Bertz CT molecular complexity index is 443. The third kappa shape index (κ3) is 5.17. The van der Waals surface area contributed by atoms with Crippen LogP contribution in [0.15, 0.2) is 11.3 Å². The van der Waals surface area contributed by atoms with Gasteiger partial charge in [0, 0.05) is 30.6 Å².